The van der Waals surface area contributed by atoms with Crippen molar-refractivity contribution in [2.75, 3.05) is 72.7 Å². The van der Waals surface area contributed by atoms with Gasteiger partial charge in [0, 0.05) is 59.0 Å². The largest absolute Gasteiger partial charge is 0.491 e. The van der Waals surface area contributed by atoms with Crippen molar-refractivity contribution in [3.63, 3.8) is 0 Å². The Bertz CT molecular complexity index is 560. The zero-order chi connectivity index (χ0) is 19.1. The molecule has 0 spiro atoms. The van der Waals surface area contributed by atoms with E-state index >= 15 is 0 Å². The molecule has 0 unspecified atom stereocenters. The Kier molecular flexibility index (Phi) is 7.49. The van der Waals surface area contributed by atoms with Crippen LogP contribution < -0.4 is 4.74 Å². The van der Waals surface area contributed by atoms with Gasteiger partial charge in [-0.05, 0) is 38.1 Å². The predicted octanol–water partition coefficient (Wildman–Crippen LogP) is 1.29. The molecule has 1 atom stereocenters. The lowest BCUT2D eigenvalue weighted by molar-refractivity contribution is -0.000370. The fourth-order valence-electron chi connectivity index (χ4n) is 3.94. The quantitative estimate of drug-likeness (QED) is 0.655. The van der Waals surface area contributed by atoms with E-state index in [1.165, 1.54) is 5.56 Å². The molecule has 0 saturated carbocycles. The van der Waals surface area contributed by atoms with Gasteiger partial charge >= 0.3 is 0 Å². The van der Waals surface area contributed by atoms with Gasteiger partial charge in [0.05, 0.1) is 12.2 Å². The summed E-state index contributed by atoms with van der Waals surface area (Å²) in [7, 11) is 2.17. The Balaban J connectivity index is 1.42. The first-order chi connectivity index (χ1) is 13.1. The van der Waals surface area contributed by atoms with Crippen molar-refractivity contribution in [2.45, 2.75) is 25.5 Å². The molecule has 2 aliphatic rings. The van der Waals surface area contributed by atoms with Gasteiger partial charge in [0.2, 0.25) is 0 Å². The molecule has 152 valence electrons. The summed E-state index contributed by atoms with van der Waals surface area (Å²) in [5.74, 6) is 0.881. The number of likely N-dealkylation sites (tertiary alicyclic amines) is 1. The average Bonchev–Trinajstić information content (AvgIpc) is 3.02. The van der Waals surface area contributed by atoms with Crippen LogP contribution in [0.15, 0.2) is 24.3 Å². The van der Waals surface area contributed by atoms with Crippen LogP contribution in [0.1, 0.15) is 18.9 Å². The van der Waals surface area contributed by atoms with Crippen molar-refractivity contribution in [3.8, 4) is 5.75 Å². The van der Waals surface area contributed by atoms with Crippen molar-refractivity contribution in [1.82, 2.24) is 14.7 Å². The lowest BCUT2D eigenvalue weighted by Gasteiger charge is -2.36. The van der Waals surface area contributed by atoms with Gasteiger partial charge in [-0.2, -0.15) is 0 Å². The second-order valence-corrected chi connectivity index (χ2v) is 7.95. The van der Waals surface area contributed by atoms with E-state index in [9.17, 15) is 5.11 Å². The molecule has 0 aromatic heterocycles. The van der Waals surface area contributed by atoms with Crippen LogP contribution in [0.4, 0.5) is 0 Å². The smallest absolute Gasteiger partial charge is 0.119 e. The van der Waals surface area contributed by atoms with Gasteiger partial charge in [-0.1, -0.05) is 12.1 Å². The highest BCUT2D eigenvalue weighted by atomic mass is 16.5. The Morgan fingerprint density at radius 1 is 1.00 bits per heavy atom. The van der Waals surface area contributed by atoms with Crippen LogP contribution in [0.5, 0.6) is 5.75 Å². The molecule has 6 nitrogen and oxygen atoms in total. The number of hydrogen-bond acceptors (Lipinski definition) is 6. The first-order valence-corrected chi connectivity index (χ1v) is 10.2. The zero-order valence-corrected chi connectivity index (χ0v) is 16.9. The minimum Gasteiger partial charge on any atom is -0.491 e. The topological polar surface area (TPSA) is 48.4 Å². The number of piperazine rings is 1. The lowest BCUT2D eigenvalue weighted by Crippen LogP contribution is -2.51. The Hall–Kier alpha value is -1.18. The van der Waals surface area contributed by atoms with E-state index in [-0.39, 0.29) is 0 Å². The summed E-state index contributed by atoms with van der Waals surface area (Å²) in [6, 6.07) is 8.28. The summed E-state index contributed by atoms with van der Waals surface area (Å²) < 4.78 is 11.0. The highest BCUT2D eigenvalue weighted by Crippen LogP contribution is 2.25. The summed E-state index contributed by atoms with van der Waals surface area (Å²) in [4.78, 5) is 7.13. The molecule has 2 fully saturated rings. The Labute approximate surface area is 163 Å². The maximum absolute atomic E-state index is 11.0. The first kappa shape index (κ1) is 20.6. The van der Waals surface area contributed by atoms with E-state index in [1.807, 2.05) is 19.1 Å². The minimum absolute atomic E-state index is 0.571. The number of β-amino-alcohol motifs (C(OH)–C–C–N with tert-alkyl or cyclic N) is 1. The molecule has 0 bridgehead atoms. The van der Waals surface area contributed by atoms with Gasteiger partial charge in [-0.25, -0.2) is 0 Å². The maximum atomic E-state index is 11.0. The second kappa shape index (κ2) is 9.85. The van der Waals surface area contributed by atoms with E-state index in [0.717, 1.165) is 71.1 Å². The van der Waals surface area contributed by atoms with Crippen molar-refractivity contribution in [1.29, 1.82) is 0 Å². The number of ether oxygens (including phenoxy) is 2. The van der Waals surface area contributed by atoms with Crippen molar-refractivity contribution >= 4 is 0 Å². The third kappa shape index (κ3) is 6.43. The summed E-state index contributed by atoms with van der Waals surface area (Å²) in [5, 5.41) is 11.0. The van der Waals surface area contributed by atoms with E-state index in [0.29, 0.717) is 13.2 Å². The van der Waals surface area contributed by atoms with E-state index in [2.05, 4.69) is 33.9 Å². The predicted molar refractivity (Wildman–Crippen MR) is 107 cm³/mol. The molecular weight excluding hydrogens is 342 g/mol. The molecule has 6 heteroatoms. The average molecular weight is 378 g/mol. The SMILES string of the molecule is CCOCCOc1ccc(CN2CC[C@@](O)(CN3CCN(C)CC3)C2)cc1. The molecule has 3 rings (SSSR count). The van der Waals surface area contributed by atoms with Gasteiger partial charge in [0.25, 0.3) is 0 Å². The molecule has 2 saturated heterocycles. The van der Waals surface area contributed by atoms with Gasteiger partial charge in [-0.15, -0.1) is 0 Å². The number of likely N-dealkylation sites (N-methyl/N-ethyl adjacent to an activating group) is 1. The van der Waals surface area contributed by atoms with Crippen LogP contribution in [-0.4, -0.2) is 98.1 Å². The highest BCUT2D eigenvalue weighted by molar-refractivity contribution is 5.27. The third-order valence-electron chi connectivity index (χ3n) is 5.56. The minimum atomic E-state index is -0.571. The van der Waals surface area contributed by atoms with Gasteiger partial charge < -0.3 is 19.5 Å². The highest BCUT2D eigenvalue weighted by Gasteiger charge is 2.37. The number of hydrogen-bond donors (Lipinski definition) is 1. The molecule has 2 aliphatic heterocycles. The van der Waals surface area contributed by atoms with Crippen LogP contribution in [0.3, 0.4) is 0 Å². The number of rotatable bonds is 9. The van der Waals surface area contributed by atoms with E-state index in [4.69, 9.17) is 9.47 Å². The van der Waals surface area contributed by atoms with Crippen LogP contribution in [0.2, 0.25) is 0 Å². The fourth-order valence-corrected chi connectivity index (χ4v) is 3.94. The number of benzene rings is 1. The normalized spacial score (nSPS) is 25.1. The molecule has 0 amide bonds. The number of aliphatic hydroxyl groups is 1. The van der Waals surface area contributed by atoms with Gasteiger partial charge in [0.1, 0.15) is 12.4 Å². The molecule has 1 aromatic rings. The first-order valence-electron chi connectivity index (χ1n) is 10.2. The van der Waals surface area contributed by atoms with Crippen molar-refractivity contribution in [2.24, 2.45) is 0 Å². The summed E-state index contributed by atoms with van der Waals surface area (Å²) in [5.41, 5.74) is 0.689. The molecule has 0 aliphatic carbocycles. The van der Waals surface area contributed by atoms with Crippen LogP contribution >= 0.6 is 0 Å². The molecular formula is C21H35N3O3. The maximum Gasteiger partial charge on any atom is 0.119 e. The molecule has 0 radical (unpaired) electrons. The molecule has 2 heterocycles. The standard InChI is InChI=1S/C21H35N3O3/c1-3-26-14-15-27-20-6-4-19(5-7-20)16-24-9-8-21(25,18-24)17-23-12-10-22(2)11-13-23/h4-7,25H,3,8-18H2,1-2H3/t21-/m1/s1. The van der Waals surface area contributed by atoms with Crippen LogP contribution in [-0.2, 0) is 11.3 Å². The van der Waals surface area contributed by atoms with Crippen molar-refractivity contribution in [3.05, 3.63) is 29.8 Å². The summed E-state index contributed by atoms with van der Waals surface area (Å²) in [6.07, 6.45) is 0.859. The fraction of sp³-hybridized carbons (Fsp3) is 0.714. The molecule has 27 heavy (non-hydrogen) atoms. The molecule has 1 N–H and O–H groups in total. The second-order valence-electron chi connectivity index (χ2n) is 7.95. The third-order valence-corrected chi connectivity index (χ3v) is 5.56. The Morgan fingerprint density at radius 3 is 2.44 bits per heavy atom. The molecule has 1 aromatic carbocycles. The van der Waals surface area contributed by atoms with Gasteiger partial charge in [-0.3, -0.25) is 9.80 Å². The summed E-state index contributed by atoms with van der Waals surface area (Å²) in [6.45, 7) is 11.6. The zero-order valence-electron chi connectivity index (χ0n) is 16.9. The van der Waals surface area contributed by atoms with E-state index < -0.39 is 5.60 Å². The lowest BCUT2D eigenvalue weighted by atomic mass is 10.0. The Morgan fingerprint density at radius 2 is 1.74 bits per heavy atom. The van der Waals surface area contributed by atoms with Crippen LogP contribution in [0, 0.1) is 0 Å². The van der Waals surface area contributed by atoms with Crippen molar-refractivity contribution < 1.29 is 14.6 Å². The summed E-state index contributed by atoms with van der Waals surface area (Å²) >= 11 is 0. The van der Waals surface area contributed by atoms with Gasteiger partial charge in [0.15, 0.2) is 0 Å². The van der Waals surface area contributed by atoms with Crippen LogP contribution in [0.25, 0.3) is 0 Å². The monoisotopic (exact) mass is 377 g/mol. The number of nitrogens with zero attached hydrogens (tertiary/aromatic N) is 3. The van der Waals surface area contributed by atoms with E-state index in [1.54, 1.807) is 0 Å².